The van der Waals surface area contributed by atoms with Crippen LogP contribution in [0.2, 0.25) is 0 Å². The fourth-order valence-corrected chi connectivity index (χ4v) is 4.23. The van der Waals surface area contributed by atoms with E-state index in [1.54, 1.807) is 17.0 Å². The van der Waals surface area contributed by atoms with Crippen molar-refractivity contribution in [3.05, 3.63) is 77.8 Å². The van der Waals surface area contributed by atoms with Gasteiger partial charge in [0.1, 0.15) is 36.8 Å². The SMILES string of the molecule is COc1ccc(C2c3[nH]c4ccccc4c3CCN2C(=O)Cn2cncn2)c(F)c1. The van der Waals surface area contributed by atoms with Crippen LogP contribution in [0.5, 0.6) is 5.75 Å². The van der Waals surface area contributed by atoms with Gasteiger partial charge in [0.2, 0.25) is 5.91 Å². The fourth-order valence-electron chi connectivity index (χ4n) is 4.23. The third kappa shape index (κ3) is 3.01. The minimum Gasteiger partial charge on any atom is -0.497 e. The van der Waals surface area contributed by atoms with E-state index >= 15 is 4.39 Å². The maximum Gasteiger partial charge on any atom is 0.245 e. The van der Waals surface area contributed by atoms with E-state index in [0.717, 1.165) is 22.2 Å². The normalized spacial score (nSPS) is 15.9. The highest BCUT2D eigenvalue weighted by Crippen LogP contribution is 2.40. The van der Waals surface area contributed by atoms with Crippen molar-refractivity contribution in [2.24, 2.45) is 0 Å². The molecule has 0 spiro atoms. The summed E-state index contributed by atoms with van der Waals surface area (Å²) in [6, 6.07) is 12.2. The highest BCUT2D eigenvalue weighted by molar-refractivity contribution is 5.86. The zero-order valence-corrected chi connectivity index (χ0v) is 16.4. The molecule has 2 aromatic carbocycles. The Morgan fingerprint density at radius 2 is 2.17 bits per heavy atom. The number of carbonyl (C=O) groups is 1. The minimum atomic E-state index is -0.567. The molecule has 1 unspecified atom stereocenters. The summed E-state index contributed by atoms with van der Waals surface area (Å²) >= 11 is 0. The number of hydrogen-bond acceptors (Lipinski definition) is 4. The second-order valence-corrected chi connectivity index (χ2v) is 7.28. The monoisotopic (exact) mass is 405 g/mol. The number of aromatic amines is 1. The molecule has 0 saturated carbocycles. The number of carbonyl (C=O) groups excluding carboxylic acids is 1. The van der Waals surface area contributed by atoms with Gasteiger partial charge in [0.15, 0.2) is 0 Å². The number of halogens is 1. The number of fused-ring (bicyclic) bond motifs is 3. The molecule has 0 fully saturated rings. The van der Waals surface area contributed by atoms with Crippen molar-refractivity contribution < 1.29 is 13.9 Å². The largest absolute Gasteiger partial charge is 0.497 e. The van der Waals surface area contributed by atoms with E-state index in [4.69, 9.17) is 4.74 Å². The van der Waals surface area contributed by atoms with Gasteiger partial charge in [-0.05, 0) is 30.2 Å². The van der Waals surface area contributed by atoms with E-state index in [1.165, 1.54) is 30.5 Å². The van der Waals surface area contributed by atoms with Crippen LogP contribution in [0.25, 0.3) is 10.9 Å². The first-order valence-electron chi connectivity index (χ1n) is 9.70. The predicted molar refractivity (Wildman–Crippen MR) is 109 cm³/mol. The van der Waals surface area contributed by atoms with Crippen LogP contribution in [0.15, 0.2) is 55.1 Å². The van der Waals surface area contributed by atoms with Crippen LogP contribution in [0.3, 0.4) is 0 Å². The van der Waals surface area contributed by atoms with Crippen molar-refractivity contribution in [2.45, 2.75) is 19.0 Å². The molecule has 0 saturated heterocycles. The average molecular weight is 405 g/mol. The van der Waals surface area contributed by atoms with Crippen molar-refractivity contribution in [3.8, 4) is 5.75 Å². The molecule has 1 amide bonds. The van der Waals surface area contributed by atoms with E-state index in [1.807, 2.05) is 18.2 Å². The van der Waals surface area contributed by atoms with Gasteiger partial charge in [0.25, 0.3) is 0 Å². The lowest BCUT2D eigenvalue weighted by Crippen LogP contribution is -2.42. The Kier molecular flexibility index (Phi) is 4.46. The number of rotatable bonds is 4. The lowest BCUT2D eigenvalue weighted by atomic mass is 9.92. The van der Waals surface area contributed by atoms with Crippen molar-refractivity contribution in [3.63, 3.8) is 0 Å². The second kappa shape index (κ2) is 7.29. The Hall–Kier alpha value is -3.68. The highest BCUT2D eigenvalue weighted by Gasteiger charge is 2.36. The van der Waals surface area contributed by atoms with E-state index in [0.29, 0.717) is 24.3 Å². The molecule has 0 aliphatic carbocycles. The van der Waals surface area contributed by atoms with E-state index < -0.39 is 11.9 Å². The van der Waals surface area contributed by atoms with Crippen LogP contribution in [0.4, 0.5) is 4.39 Å². The quantitative estimate of drug-likeness (QED) is 0.566. The molecule has 1 N–H and O–H groups in total. The summed E-state index contributed by atoms with van der Waals surface area (Å²) in [5.41, 5.74) is 3.37. The Bertz CT molecular complexity index is 1220. The standard InChI is InChI=1S/C22H20FN5O2/c1-30-14-6-7-17(18(23)10-14)22-21-16(15-4-2-3-5-19(15)26-21)8-9-28(22)20(29)11-27-13-24-12-25-27/h2-7,10,12-13,22,26H,8-9,11H2,1H3. The van der Waals surface area contributed by atoms with Gasteiger partial charge in [0.05, 0.1) is 7.11 Å². The van der Waals surface area contributed by atoms with Crippen molar-refractivity contribution >= 4 is 16.8 Å². The third-order valence-electron chi connectivity index (χ3n) is 5.62. The smallest absolute Gasteiger partial charge is 0.245 e. The predicted octanol–water partition coefficient (Wildman–Crippen LogP) is 3.08. The van der Waals surface area contributed by atoms with Crippen molar-refractivity contribution in [1.82, 2.24) is 24.6 Å². The lowest BCUT2D eigenvalue weighted by Gasteiger charge is -2.36. The van der Waals surface area contributed by atoms with Crippen molar-refractivity contribution in [2.75, 3.05) is 13.7 Å². The van der Waals surface area contributed by atoms with Crippen LogP contribution in [-0.4, -0.2) is 44.2 Å². The Morgan fingerprint density at radius 1 is 1.30 bits per heavy atom. The van der Waals surface area contributed by atoms with Gasteiger partial charge in [-0.1, -0.05) is 18.2 Å². The minimum absolute atomic E-state index is 0.0455. The van der Waals surface area contributed by atoms with Crippen LogP contribution >= 0.6 is 0 Å². The maximum atomic E-state index is 15.1. The maximum absolute atomic E-state index is 15.1. The molecule has 7 nitrogen and oxygen atoms in total. The topological polar surface area (TPSA) is 76.0 Å². The molecule has 152 valence electrons. The number of benzene rings is 2. The zero-order valence-electron chi connectivity index (χ0n) is 16.4. The molecule has 1 aliphatic rings. The number of amides is 1. The molecule has 0 bridgehead atoms. The zero-order chi connectivity index (χ0) is 20.7. The molecule has 30 heavy (non-hydrogen) atoms. The van der Waals surface area contributed by atoms with E-state index in [2.05, 4.69) is 21.1 Å². The first-order valence-corrected chi connectivity index (χ1v) is 9.70. The molecule has 2 aromatic heterocycles. The number of para-hydroxylation sites is 1. The molecule has 3 heterocycles. The van der Waals surface area contributed by atoms with Gasteiger partial charge >= 0.3 is 0 Å². The van der Waals surface area contributed by atoms with Gasteiger partial charge in [-0.15, -0.1) is 0 Å². The fraction of sp³-hybridized carbons (Fsp3) is 0.227. The highest BCUT2D eigenvalue weighted by atomic mass is 19.1. The molecule has 1 aliphatic heterocycles. The Labute approximate surface area is 172 Å². The van der Waals surface area contributed by atoms with Crippen LogP contribution in [-0.2, 0) is 17.8 Å². The van der Waals surface area contributed by atoms with Gasteiger partial charge in [0, 0.05) is 34.8 Å². The van der Waals surface area contributed by atoms with Crippen molar-refractivity contribution in [1.29, 1.82) is 0 Å². The number of nitrogens with zero attached hydrogens (tertiary/aromatic N) is 4. The summed E-state index contributed by atoms with van der Waals surface area (Å²) < 4.78 is 21.8. The summed E-state index contributed by atoms with van der Waals surface area (Å²) in [5, 5.41) is 5.13. The molecule has 4 aromatic rings. The Morgan fingerprint density at radius 3 is 2.93 bits per heavy atom. The number of aromatic nitrogens is 4. The molecule has 5 rings (SSSR count). The van der Waals surface area contributed by atoms with Gasteiger partial charge in [-0.3, -0.25) is 4.79 Å². The number of H-pyrrole nitrogens is 1. The summed E-state index contributed by atoms with van der Waals surface area (Å²) in [5.74, 6) is -0.126. The number of methoxy groups -OCH3 is 1. The van der Waals surface area contributed by atoms with Crippen LogP contribution < -0.4 is 4.74 Å². The number of nitrogens with one attached hydrogen (secondary N) is 1. The lowest BCUT2D eigenvalue weighted by molar-refractivity contribution is -0.134. The summed E-state index contributed by atoms with van der Waals surface area (Å²) in [7, 11) is 1.50. The van der Waals surface area contributed by atoms with Gasteiger partial charge in [-0.2, -0.15) is 5.10 Å². The summed E-state index contributed by atoms with van der Waals surface area (Å²) in [4.78, 5) is 22.2. The van der Waals surface area contributed by atoms with Crippen LogP contribution in [0, 0.1) is 5.82 Å². The molecular formula is C22H20FN5O2. The first kappa shape index (κ1) is 18.4. The summed E-state index contributed by atoms with van der Waals surface area (Å²) in [6.45, 7) is 0.530. The number of hydrogen-bond donors (Lipinski definition) is 1. The van der Waals surface area contributed by atoms with Crippen LogP contribution in [0.1, 0.15) is 22.9 Å². The molecule has 1 atom stereocenters. The summed E-state index contributed by atoms with van der Waals surface area (Å²) in [6.07, 6.45) is 3.58. The number of ether oxygens (including phenoxy) is 1. The Balaban J connectivity index is 1.63. The van der Waals surface area contributed by atoms with E-state index in [9.17, 15) is 4.79 Å². The first-order chi connectivity index (χ1) is 14.7. The average Bonchev–Trinajstić information content (AvgIpc) is 3.40. The molecule has 0 radical (unpaired) electrons. The van der Waals surface area contributed by atoms with Gasteiger partial charge in [-0.25, -0.2) is 14.1 Å². The van der Waals surface area contributed by atoms with Gasteiger partial charge < -0.3 is 14.6 Å². The molecular weight excluding hydrogens is 385 g/mol. The second-order valence-electron chi connectivity index (χ2n) is 7.28. The third-order valence-corrected chi connectivity index (χ3v) is 5.62. The van der Waals surface area contributed by atoms with E-state index in [-0.39, 0.29) is 12.5 Å². The molecule has 8 heteroatoms.